The first-order valence-corrected chi connectivity index (χ1v) is 11.0. The lowest BCUT2D eigenvalue weighted by molar-refractivity contribution is -0.138. The van der Waals surface area contributed by atoms with Crippen LogP contribution in [0.5, 0.6) is 0 Å². The second kappa shape index (κ2) is 9.37. The highest BCUT2D eigenvalue weighted by molar-refractivity contribution is 5.58. The minimum atomic E-state index is -4.45. The van der Waals surface area contributed by atoms with Crippen molar-refractivity contribution >= 4 is 5.69 Å². The molecule has 0 aromatic heterocycles. The van der Waals surface area contributed by atoms with Gasteiger partial charge in [-0.15, -0.1) is 0 Å². The fourth-order valence-corrected chi connectivity index (χ4v) is 4.90. The number of halogens is 4. The molecule has 1 saturated heterocycles. The molecular formula is C24H28F4N2O2. The summed E-state index contributed by atoms with van der Waals surface area (Å²) in [6.07, 6.45) is -3.66. The lowest BCUT2D eigenvalue weighted by Crippen LogP contribution is -2.43. The van der Waals surface area contributed by atoms with Crippen molar-refractivity contribution in [3.05, 3.63) is 65.0 Å². The number of anilines is 1. The third kappa shape index (κ3) is 4.77. The number of benzene rings is 2. The Bertz CT molecular complexity index is 936. The summed E-state index contributed by atoms with van der Waals surface area (Å²) in [6.45, 7) is 3.91. The van der Waals surface area contributed by atoms with E-state index in [1.807, 2.05) is 13.0 Å². The van der Waals surface area contributed by atoms with Crippen molar-refractivity contribution in [2.45, 2.75) is 44.2 Å². The summed E-state index contributed by atoms with van der Waals surface area (Å²) in [5.74, 6) is -0.479. The summed E-state index contributed by atoms with van der Waals surface area (Å²) < 4.78 is 60.6. The molecule has 2 aliphatic heterocycles. The number of aliphatic hydroxyl groups is 1. The predicted octanol–water partition coefficient (Wildman–Crippen LogP) is 5.16. The van der Waals surface area contributed by atoms with Gasteiger partial charge in [-0.3, -0.25) is 4.90 Å². The van der Waals surface area contributed by atoms with Crippen LogP contribution in [0.2, 0.25) is 0 Å². The van der Waals surface area contributed by atoms with Crippen molar-refractivity contribution in [1.29, 1.82) is 0 Å². The lowest BCUT2D eigenvalue weighted by atomic mass is 9.76. The van der Waals surface area contributed by atoms with Crippen LogP contribution >= 0.6 is 0 Å². The quantitative estimate of drug-likeness (QED) is 0.595. The summed E-state index contributed by atoms with van der Waals surface area (Å²) in [4.78, 5) is 2.07. The van der Waals surface area contributed by atoms with Crippen LogP contribution in [0.3, 0.4) is 0 Å². The van der Waals surface area contributed by atoms with Gasteiger partial charge in [0.1, 0.15) is 5.82 Å². The largest absolute Gasteiger partial charge is 0.416 e. The van der Waals surface area contributed by atoms with Gasteiger partial charge in [0.25, 0.3) is 0 Å². The van der Waals surface area contributed by atoms with Gasteiger partial charge in [-0.25, -0.2) is 4.39 Å². The van der Waals surface area contributed by atoms with E-state index in [1.165, 1.54) is 24.3 Å². The smallest absolute Gasteiger partial charge is 0.395 e. The van der Waals surface area contributed by atoms with Gasteiger partial charge < -0.3 is 15.2 Å². The highest BCUT2D eigenvalue weighted by Crippen LogP contribution is 2.51. The maximum absolute atomic E-state index is 13.9. The molecule has 0 bridgehead atoms. The van der Waals surface area contributed by atoms with Crippen LogP contribution in [0.25, 0.3) is 0 Å². The number of hydrogen-bond acceptors (Lipinski definition) is 4. The number of rotatable bonds is 6. The van der Waals surface area contributed by atoms with Crippen molar-refractivity contribution in [1.82, 2.24) is 4.90 Å². The second-order valence-electron chi connectivity index (χ2n) is 8.51. The number of hydrogen-bond donors (Lipinski definition) is 2. The van der Waals surface area contributed by atoms with E-state index in [4.69, 9.17) is 4.74 Å². The molecule has 4 atom stereocenters. The number of nitrogens with one attached hydrogen (secondary N) is 1. The van der Waals surface area contributed by atoms with Crippen molar-refractivity contribution in [2.75, 3.05) is 31.6 Å². The number of nitrogens with zero attached hydrogens (tertiary/aromatic N) is 1. The zero-order chi connectivity index (χ0) is 22.9. The number of alkyl halides is 3. The van der Waals surface area contributed by atoms with Gasteiger partial charge in [0.15, 0.2) is 0 Å². The summed E-state index contributed by atoms with van der Waals surface area (Å²) in [7, 11) is 0. The molecule has 2 aromatic carbocycles. The number of likely N-dealkylation sites (N-methyl/N-ethyl adjacent to an activating group) is 1. The molecule has 0 saturated carbocycles. The Hall–Kier alpha value is -2.16. The molecule has 4 rings (SSSR count). The molecule has 0 unspecified atom stereocenters. The van der Waals surface area contributed by atoms with Crippen LogP contribution in [0.4, 0.5) is 23.2 Å². The predicted molar refractivity (Wildman–Crippen MR) is 114 cm³/mol. The van der Waals surface area contributed by atoms with Gasteiger partial charge in [0, 0.05) is 30.3 Å². The Labute approximate surface area is 185 Å². The zero-order valence-corrected chi connectivity index (χ0v) is 17.9. The van der Waals surface area contributed by atoms with Crippen LogP contribution in [0.1, 0.15) is 48.6 Å². The molecule has 1 fully saturated rings. The molecule has 0 spiro atoms. The molecule has 2 aliphatic rings. The molecule has 8 heteroatoms. The maximum atomic E-state index is 13.9. The Morgan fingerprint density at radius 3 is 2.66 bits per heavy atom. The molecule has 0 aliphatic carbocycles. The van der Waals surface area contributed by atoms with E-state index in [1.54, 1.807) is 6.07 Å². The normalized spacial score (nSPS) is 25.2. The van der Waals surface area contributed by atoms with E-state index >= 15 is 0 Å². The third-order valence-corrected chi connectivity index (χ3v) is 6.51. The van der Waals surface area contributed by atoms with Crippen LogP contribution in [0.15, 0.2) is 42.5 Å². The Morgan fingerprint density at radius 2 is 1.97 bits per heavy atom. The Morgan fingerprint density at radius 1 is 1.16 bits per heavy atom. The minimum absolute atomic E-state index is 0.0377. The first-order chi connectivity index (χ1) is 15.3. The van der Waals surface area contributed by atoms with Gasteiger partial charge in [0.2, 0.25) is 0 Å². The molecule has 2 heterocycles. The van der Waals surface area contributed by atoms with Crippen molar-refractivity contribution in [2.24, 2.45) is 5.92 Å². The standard InChI is InChI=1S/C24H28F4N2O2/c1-2-30(10-11-31)14-18-7-8-19-22(15-4-3-5-17(25)12-15)29-21-9-6-16(24(26,27)28)13-20(21)23(19)32-18/h3-6,9,12-13,18-19,22-23,29,31H,2,7-8,10-11,14H2,1H3/t18-,19+,22+,23+/m1/s1. The molecule has 4 nitrogen and oxygen atoms in total. The molecule has 0 amide bonds. The van der Waals surface area contributed by atoms with E-state index in [0.717, 1.165) is 31.0 Å². The average Bonchev–Trinajstić information content (AvgIpc) is 2.77. The van der Waals surface area contributed by atoms with Crippen molar-refractivity contribution < 1.29 is 27.4 Å². The monoisotopic (exact) mass is 452 g/mol. The van der Waals surface area contributed by atoms with E-state index in [0.29, 0.717) is 24.3 Å². The van der Waals surface area contributed by atoms with E-state index < -0.39 is 17.8 Å². The highest BCUT2D eigenvalue weighted by Gasteiger charge is 2.43. The molecule has 0 radical (unpaired) electrons. The van der Waals surface area contributed by atoms with Gasteiger partial charge in [-0.05, 0) is 55.3 Å². The van der Waals surface area contributed by atoms with Gasteiger partial charge in [0.05, 0.1) is 30.4 Å². The maximum Gasteiger partial charge on any atom is 0.416 e. The van der Waals surface area contributed by atoms with Crippen molar-refractivity contribution in [3.8, 4) is 0 Å². The second-order valence-corrected chi connectivity index (χ2v) is 8.51. The van der Waals surface area contributed by atoms with Gasteiger partial charge in [-0.2, -0.15) is 13.2 Å². The molecule has 2 N–H and O–H groups in total. The van der Waals surface area contributed by atoms with Gasteiger partial charge in [-0.1, -0.05) is 19.1 Å². The lowest BCUT2D eigenvalue weighted by Gasteiger charge is -2.46. The summed E-state index contributed by atoms with van der Waals surface area (Å²) >= 11 is 0. The van der Waals surface area contributed by atoms with Crippen LogP contribution in [-0.4, -0.2) is 42.4 Å². The van der Waals surface area contributed by atoms with E-state index in [-0.39, 0.29) is 30.5 Å². The summed E-state index contributed by atoms with van der Waals surface area (Å²) in [5.41, 5.74) is 1.12. The highest BCUT2D eigenvalue weighted by atomic mass is 19.4. The molecule has 174 valence electrons. The Kier molecular flexibility index (Phi) is 6.74. The fraction of sp³-hybridized carbons (Fsp3) is 0.500. The average molecular weight is 452 g/mol. The summed E-state index contributed by atoms with van der Waals surface area (Å²) in [5, 5.41) is 12.6. The van der Waals surface area contributed by atoms with Crippen LogP contribution in [0, 0.1) is 11.7 Å². The molecular weight excluding hydrogens is 424 g/mol. The Balaban J connectivity index is 1.68. The topological polar surface area (TPSA) is 44.7 Å². The molecule has 2 aromatic rings. The number of fused-ring (bicyclic) bond motifs is 3. The van der Waals surface area contributed by atoms with E-state index in [9.17, 15) is 22.7 Å². The van der Waals surface area contributed by atoms with Crippen LogP contribution < -0.4 is 5.32 Å². The van der Waals surface area contributed by atoms with Crippen molar-refractivity contribution in [3.63, 3.8) is 0 Å². The molecule has 32 heavy (non-hydrogen) atoms. The first kappa shape index (κ1) is 23.0. The van der Waals surface area contributed by atoms with E-state index in [2.05, 4.69) is 10.2 Å². The minimum Gasteiger partial charge on any atom is -0.395 e. The number of ether oxygens (including phenoxy) is 1. The number of aliphatic hydroxyl groups excluding tert-OH is 1. The first-order valence-electron chi connectivity index (χ1n) is 11.0. The zero-order valence-electron chi connectivity index (χ0n) is 17.9. The van der Waals surface area contributed by atoms with Gasteiger partial charge >= 0.3 is 6.18 Å². The third-order valence-electron chi connectivity index (χ3n) is 6.51. The summed E-state index contributed by atoms with van der Waals surface area (Å²) in [6, 6.07) is 9.74. The SMILES string of the molecule is CCN(CCO)C[C@H]1CC[C@@H]2[C@H](O1)c1cc(C(F)(F)F)ccc1N[C@H]2c1cccc(F)c1. The van der Waals surface area contributed by atoms with Crippen LogP contribution in [-0.2, 0) is 10.9 Å². The fourth-order valence-electron chi connectivity index (χ4n) is 4.90.